The highest BCUT2D eigenvalue weighted by molar-refractivity contribution is 5.93. The predicted molar refractivity (Wildman–Crippen MR) is 79.0 cm³/mol. The van der Waals surface area contributed by atoms with Crippen LogP contribution in [0.1, 0.15) is 36.5 Å². The van der Waals surface area contributed by atoms with E-state index < -0.39 is 0 Å². The monoisotopic (exact) mass is 277 g/mol. The van der Waals surface area contributed by atoms with Gasteiger partial charge in [0.05, 0.1) is 5.56 Å². The Morgan fingerprint density at radius 3 is 2.65 bits per heavy atom. The van der Waals surface area contributed by atoms with Crippen LogP contribution in [-0.4, -0.2) is 41.6 Å². The number of hydrogen-bond donors (Lipinski definition) is 1. The molecule has 1 aromatic heterocycles. The summed E-state index contributed by atoms with van der Waals surface area (Å²) in [7, 11) is 0. The SMILES string of the molecule is CCNC(=O)c1ccc(=O)n(CCN2CCCCC2)c1. The topological polar surface area (TPSA) is 54.3 Å². The summed E-state index contributed by atoms with van der Waals surface area (Å²) in [4.78, 5) is 26.0. The smallest absolute Gasteiger partial charge is 0.252 e. The summed E-state index contributed by atoms with van der Waals surface area (Å²) in [6, 6.07) is 3.06. The molecule has 0 aliphatic carbocycles. The number of rotatable bonds is 5. The van der Waals surface area contributed by atoms with Crippen molar-refractivity contribution in [2.45, 2.75) is 32.7 Å². The number of likely N-dealkylation sites (tertiary alicyclic amines) is 1. The lowest BCUT2D eigenvalue weighted by Gasteiger charge is -2.26. The second-order valence-electron chi connectivity index (χ2n) is 5.21. The van der Waals surface area contributed by atoms with Crippen LogP contribution in [0.5, 0.6) is 0 Å². The first-order chi connectivity index (χ1) is 9.70. The summed E-state index contributed by atoms with van der Waals surface area (Å²) >= 11 is 0. The molecule has 5 heteroatoms. The van der Waals surface area contributed by atoms with Crippen molar-refractivity contribution in [1.29, 1.82) is 0 Å². The Labute approximate surface area is 119 Å². The third kappa shape index (κ3) is 3.93. The summed E-state index contributed by atoms with van der Waals surface area (Å²) in [5, 5.41) is 2.75. The van der Waals surface area contributed by atoms with Crippen LogP contribution >= 0.6 is 0 Å². The number of amides is 1. The highest BCUT2D eigenvalue weighted by atomic mass is 16.2. The zero-order valence-electron chi connectivity index (χ0n) is 12.1. The Morgan fingerprint density at radius 1 is 1.20 bits per heavy atom. The van der Waals surface area contributed by atoms with Gasteiger partial charge in [0.25, 0.3) is 11.5 Å². The van der Waals surface area contributed by atoms with Crippen molar-refractivity contribution in [3.8, 4) is 0 Å². The van der Waals surface area contributed by atoms with Crippen LogP contribution in [-0.2, 0) is 6.54 Å². The third-order valence-electron chi connectivity index (χ3n) is 3.69. The molecule has 1 aliphatic rings. The standard InChI is InChI=1S/C15H23N3O2/c1-2-16-15(20)13-6-7-14(19)18(12-13)11-10-17-8-4-3-5-9-17/h6-7,12H,2-5,8-11H2,1H3,(H,16,20). The summed E-state index contributed by atoms with van der Waals surface area (Å²) in [6.07, 6.45) is 5.46. The van der Waals surface area contributed by atoms with Crippen LogP contribution < -0.4 is 10.9 Å². The zero-order chi connectivity index (χ0) is 14.4. The van der Waals surface area contributed by atoms with Gasteiger partial charge in [0.15, 0.2) is 0 Å². The molecule has 1 aliphatic heterocycles. The van der Waals surface area contributed by atoms with Crippen LogP contribution in [0.15, 0.2) is 23.1 Å². The molecule has 0 spiro atoms. The number of carbonyl (C=O) groups excluding carboxylic acids is 1. The van der Waals surface area contributed by atoms with Gasteiger partial charge in [-0.05, 0) is 38.9 Å². The summed E-state index contributed by atoms with van der Waals surface area (Å²) in [5.41, 5.74) is 0.500. The number of piperidine rings is 1. The molecule has 1 fully saturated rings. The van der Waals surface area contributed by atoms with Gasteiger partial charge < -0.3 is 14.8 Å². The maximum absolute atomic E-state index is 11.8. The molecule has 5 nitrogen and oxygen atoms in total. The second kappa shape index (κ2) is 7.24. The van der Waals surface area contributed by atoms with Crippen molar-refractivity contribution in [1.82, 2.24) is 14.8 Å². The first-order valence-corrected chi connectivity index (χ1v) is 7.41. The van der Waals surface area contributed by atoms with Gasteiger partial charge in [0.2, 0.25) is 0 Å². The van der Waals surface area contributed by atoms with Gasteiger partial charge in [-0.25, -0.2) is 0 Å². The first-order valence-electron chi connectivity index (χ1n) is 7.41. The molecule has 2 heterocycles. The predicted octanol–water partition coefficient (Wildman–Crippen LogP) is 1.08. The lowest BCUT2D eigenvalue weighted by molar-refractivity contribution is 0.0955. The van der Waals surface area contributed by atoms with E-state index >= 15 is 0 Å². The Morgan fingerprint density at radius 2 is 1.95 bits per heavy atom. The van der Waals surface area contributed by atoms with Crippen molar-refractivity contribution in [3.05, 3.63) is 34.2 Å². The van der Waals surface area contributed by atoms with E-state index in [4.69, 9.17) is 0 Å². The molecular formula is C15H23N3O2. The van der Waals surface area contributed by atoms with Crippen molar-refractivity contribution < 1.29 is 4.79 Å². The number of carbonyl (C=O) groups is 1. The van der Waals surface area contributed by atoms with Crippen LogP contribution in [0.25, 0.3) is 0 Å². The van der Waals surface area contributed by atoms with E-state index in [1.54, 1.807) is 16.8 Å². The van der Waals surface area contributed by atoms with Crippen molar-refractivity contribution in [2.24, 2.45) is 0 Å². The molecule has 0 unspecified atom stereocenters. The van der Waals surface area contributed by atoms with E-state index in [1.807, 2.05) is 6.92 Å². The van der Waals surface area contributed by atoms with E-state index in [9.17, 15) is 9.59 Å². The normalized spacial score (nSPS) is 16.1. The molecule has 0 saturated carbocycles. The van der Waals surface area contributed by atoms with Crippen LogP contribution in [0.4, 0.5) is 0 Å². The average molecular weight is 277 g/mol. The fraction of sp³-hybridized carbons (Fsp3) is 0.600. The molecule has 1 saturated heterocycles. The van der Waals surface area contributed by atoms with E-state index in [2.05, 4.69) is 10.2 Å². The number of nitrogens with zero attached hydrogens (tertiary/aromatic N) is 2. The number of hydrogen-bond acceptors (Lipinski definition) is 3. The van der Waals surface area contributed by atoms with Crippen LogP contribution in [0.2, 0.25) is 0 Å². The molecule has 1 aromatic rings. The number of nitrogens with one attached hydrogen (secondary N) is 1. The van der Waals surface area contributed by atoms with Gasteiger partial charge in [-0.15, -0.1) is 0 Å². The quantitative estimate of drug-likeness (QED) is 0.876. The highest BCUT2D eigenvalue weighted by Crippen LogP contribution is 2.08. The fourth-order valence-electron chi connectivity index (χ4n) is 2.54. The lowest BCUT2D eigenvalue weighted by Crippen LogP contribution is -2.35. The van der Waals surface area contributed by atoms with Gasteiger partial charge in [-0.2, -0.15) is 0 Å². The minimum atomic E-state index is -0.126. The maximum Gasteiger partial charge on any atom is 0.252 e. The van der Waals surface area contributed by atoms with Gasteiger partial charge in [-0.3, -0.25) is 9.59 Å². The third-order valence-corrected chi connectivity index (χ3v) is 3.69. The molecule has 0 bridgehead atoms. The fourth-order valence-corrected chi connectivity index (χ4v) is 2.54. The van der Waals surface area contributed by atoms with E-state index in [-0.39, 0.29) is 11.5 Å². The van der Waals surface area contributed by atoms with E-state index in [0.29, 0.717) is 18.7 Å². The molecule has 1 amide bonds. The Balaban J connectivity index is 2.00. The first kappa shape index (κ1) is 14.8. The maximum atomic E-state index is 11.8. The Hall–Kier alpha value is -1.62. The molecule has 0 atom stereocenters. The second-order valence-corrected chi connectivity index (χ2v) is 5.21. The number of aromatic nitrogens is 1. The van der Waals surface area contributed by atoms with Crippen LogP contribution in [0.3, 0.4) is 0 Å². The van der Waals surface area contributed by atoms with Gasteiger partial charge in [0, 0.05) is 31.9 Å². The molecule has 0 aromatic carbocycles. The Kier molecular flexibility index (Phi) is 5.35. The minimum Gasteiger partial charge on any atom is -0.352 e. The molecule has 110 valence electrons. The van der Waals surface area contributed by atoms with E-state index in [0.717, 1.165) is 19.6 Å². The van der Waals surface area contributed by atoms with Crippen LogP contribution in [0, 0.1) is 0 Å². The van der Waals surface area contributed by atoms with Gasteiger partial charge in [0.1, 0.15) is 0 Å². The minimum absolute atomic E-state index is 0.0462. The largest absolute Gasteiger partial charge is 0.352 e. The molecule has 2 rings (SSSR count). The van der Waals surface area contributed by atoms with E-state index in [1.165, 1.54) is 25.3 Å². The molecule has 1 N–H and O–H groups in total. The lowest BCUT2D eigenvalue weighted by atomic mass is 10.1. The summed E-state index contributed by atoms with van der Waals surface area (Å²) < 4.78 is 1.64. The van der Waals surface area contributed by atoms with Crippen molar-refractivity contribution in [2.75, 3.05) is 26.2 Å². The van der Waals surface area contributed by atoms with Crippen molar-refractivity contribution in [3.63, 3.8) is 0 Å². The van der Waals surface area contributed by atoms with Gasteiger partial charge in [-0.1, -0.05) is 6.42 Å². The zero-order valence-corrected chi connectivity index (χ0v) is 12.1. The van der Waals surface area contributed by atoms with Crippen molar-refractivity contribution >= 4 is 5.91 Å². The number of pyridine rings is 1. The average Bonchev–Trinajstić information content (AvgIpc) is 2.47. The molecule has 20 heavy (non-hydrogen) atoms. The summed E-state index contributed by atoms with van der Waals surface area (Å²) in [5.74, 6) is -0.126. The molecular weight excluding hydrogens is 254 g/mol. The Bertz CT molecular complexity index is 504. The summed E-state index contributed by atoms with van der Waals surface area (Å²) in [6.45, 7) is 6.22. The van der Waals surface area contributed by atoms with Gasteiger partial charge >= 0.3 is 0 Å². The molecule has 0 radical (unpaired) electrons. The highest BCUT2D eigenvalue weighted by Gasteiger charge is 2.11.